The number of para-hydroxylation sites is 1. The summed E-state index contributed by atoms with van der Waals surface area (Å²) < 4.78 is 5.13. The molecule has 4 aromatic heterocycles. The highest BCUT2D eigenvalue weighted by Crippen LogP contribution is 2.46. The first-order chi connectivity index (χ1) is 31.2. The third-order valence-corrected chi connectivity index (χ3v) is 14.1. The molecule has 4 nitrogen and oxygen atoms in total. The number of fused-ring (bicyclic) bond motifs is 10. The van der Waals surface area contributed by atoms with Gasteiger partial charge in [-0.2, -0.15) is 0 Å². The summed E-state index contributed by atoms with van der Waals surface area (Å²) in [7, 11) is 0. The fourth-order valence-electron chi connectivity index (χ4n) is 11.2. The topological polar surface area (TPSA) is 35.6 Å². The van der Waals surface area contributed by atoms with Gasteiger partial charge in [-0.25, -0.2) is 0 Å². The largest absolute Gasteiger partial charge is 0.333 e. The summed E-state index contributed by atoms with van der Waals surface area (Å²) in [5, 5.41) is 8.63. The summed E-state index contributed by atoms with van der Waals surface area (Å²) in [6, 6.07) is 49.1. The Morgan fingerprint density at radius 1 is 0.571 bits per heavy atom. The van der Waals surface area contributed by atoms with Crippen molar-refractivity contribution < 1.29 is 0 Å². The average molecular weight is 809 g/mol. The fraction of sp³-hybridized carbons (Fsp3) is 0.119. The van der Waals surface area contributed by atoms with Crippen LogP contribution in [0, 0.1) is 0 Å². The van der Waals surface area contributed by atoms with Crippen LogP contribution in [0.3, 0.4) is 0 Å². The molecule has 3 aliphatic carbocycles. The number of aromatic nitrogens is 4. The Kier molecular flexibility index (Phi) is 8.17. The van der Waals surface area contributed by atoms with Crippen LogP contribution in [0.15, 0.2) is 182 Å². The van der Waals surface area contributed by atoms with E-state index in [9.17, 15) is 0 Å². The van der Waals surface area contributed by atoms with E-state index in [1.165, 1.54) is 99.0 Å². The molecule has 4 heteroatoms. The van der Waals surface area contributed by atoms with Crippen LogP contribution in [0.5, 0.6) is 0 Å². The highest BCUT2D eigenvalue weighted by molar-refractivity contribution is 6.13. The van der Waals surface area contributed by atoms with Gasteiger partial charge in [0.15, 0.2) is 0 Å². The summed E-state index contributed by atoms with van der Waals surface area (Å²) >= 11 is 0. The van der Waals surface area contributed by atoms with Gasteiger partial charge in [0.05, 0.1) is 34.2 Å². The van der Waals surface area contributed by atoms with E-state index in [0.29, 0.717) is 0 Å². The van der Waals surface area contributed by atoms with Gasteiger partial charge < -0.3 is 9.13 Å². The normalized spacial score (nSPS) is 16.9. The van der Waals surface area contributed by atoms with Crippen molar-refractivity contribution in [1.82, 2.24) is 19.1 Å². The first-order valence-electron chi connectivity index (χ1n) is 22.4. The molecule has 3 aliphatic rings. The Bertz CT molecular complexity index is 3640. The molecule has 2 bridgehead atoms. The summed E-state index contributed by atoms with van der Waals surface area (Å²) in [5.74, 6) is 0. The minimum Gasteiger partial charge on any atom is -0.333 e. The van der Waals surface area contributed by atoms with Gasteiger partial charge in [0.25, 0.3) is 0 Å². The average Bonchev–Trinajstić information content (AvgIpc) is 3.85. The molecule has 0 saturated heterocycles. The molecule has 0 saturated carbocycles. The summed E-state index contributed by atoms with van der Waals surface area (Å²) in [5.41, 5.74) is 19.0. The molecule has 0 aliphatic heterocycles. The third-order valence-electron chi connectivity index (χ3n) is 14.1. The molecule has 0 radical (unpaired) electrons. The summed E-state index contributed by atoms with van der Waals surface area (Å²) in [4.78, 5) is 9.93. The van der Waals surface area contributed by atoms with Crippen molar-refractivity contribution >= 4 is 65.9 Å². The van der Waals surface area contributed by atoms with Crippen molar-refractivity contribution in [3.63, 3.8) is 0 Å². The maximum absolute atomic E-state index is 4.97. The second-order valence-corrected chi connectivity index (χ2v) is 17.6. The van der Waals surface area contributed by atoms with Crippen molar-refractivity contribution in [2.45, 2.75) is 44.6 Å². The molecule has 63 heavy (non-hydrogen) atoms. The van der Waals surface area contributed by atoms with Crippen molar-refractivity contribution in [2.24, 2.45) is 0 Å². The van der Waals surface area contributed by atoms with Crippen molar-refractivity contribution in [3.05, 3.63) is 210 Å². The molecular formula is C59H44N4. The predicted octanol–water partition coefficient (Wildman–Crippen LogP) is 14.8. The molecule has 300 valence electrons. The third kappa shape index (κ3) is 5.67. The van der Waals surface area contributed by atoms with E-state index < -0.39 is 0 Å². The van der Waals surface area contributed by atoms with E-state index in [2.05, 4.69) is 173 Å². The number of nitrogens with zero attached hydrogens (tertiary/aromatic N) is 4. The number of pyridine rings is 2. The van der Waals surface area contributed by atoms with E-state index in [1.807, 2.05) is 12.4 Å². The first-order valence-corrected chi connectivity index (χ1v) is 22.4. The van der Waals surface area contributed by atoms with Crippen LogP contribution in [0.25, 0.3) is 94.1 Å². The Morgan fingerprint density at radius 3 is 2.00 bits per heavy atom. The molecule has 10 aromatic rings. The molecule has 0 fully saturated rings. The van der Waals surface area contributed by atoms with E-state index in [0.717, 1.165) is 61.0 Å². The van der Waals surface area contributed by atoms with Crippen LogP contribution >= 0.6 is 0 Å². The lowest BCUT2D eigenvalue weighted by Crippen LogP contribution is -2.14. The van der Waals surface area contributed by atoms with Gasteiger partial charge in [0, 0.05) is 67.2 Å². The van der Waals surface area contributed by atoms with Gasteiger partial charge in [-0.15, -0.1) is 0 Å². The molecule has 0 amide bonds. The number of hydrogen-bond acceptors (Lipinski definition) is 2. The number of rotatable bonds is 4. The monoisotopic (exact) mass is 808 g/mol. The molecular weight excluding hydrogens is 765 g/mol. The lowest BCUT2D eigenvalue weighted by Gasteiger charge is -2.27. The smallest absolute Gasteiger partial charge is 0.0780 e. The second kappa shape index (κ2) is 14.3. The Hall–Kier alpha value is -7.56. The number of hydrogen-bond donors (Lipinski definition) is 0. The van der Waals surface area contributed by atoms with Crippen LogP contribution in [0.1, 0.15) is 53.3 Å². The summed E-state index contributed by atoms with van der Waals surface area (Å²) in [6.45, 7) is 4.95. The zero-order chi connectivity index (χ0) is 41.6. The molecule has 0 spiro atoms. The molecule has 6 aromatic carbocycles. The fourth-order valence-corrected chi connectivity index (χ4v) is 11.2. The minimum atomic E-state index is 0.209. The van der Waals surface area contributed by atoms with Crippen LogP contribution in [0.2, 0.25) is 0 Å². The molecule has 4 heterocycles. The van der Waals surface area contributed by atoms with Crippen LogP contribution in [-0.2, 0) is 19.3 Å². The Morgan fingerprint density at radius 2 is 1.27 bits per heavy atom. The van der Waals surface area contributed by atoms with Gasteiger partial charge in [-0.3, -0.25) is 9.97 Å². The van der Waals surface area contributed by atoms with Crippen molar-refractivity contribution in [1.29, 1.82) is 0 Å². The van der Waals surface area contributed by atoms with E-state index in [-0.39, 0.29) is 6.04 Å². The van der Waals surface area contributed by atoms with E-state index in [1.54, 1.807) is 0 Å². The van der Waals surface area contributed by atoms with E-state index >= 15 is 0 Å². The number of aryl methyl sites for hydroxylation is 2. The number of allylic oxidation sites excluding steroid dienone is 6. The molecule has 0 N–H and O–H groups in total. The minimum absolute atomic E-state index is 0.209. The lowest BCUT2D eigenvalue weighted by atomic mass is 9.80. The number of benzene rings is 6. The van der Waals surface area contributed by atoms with Crippen LogP contribution in [0.4, 0.5) is 0 Å². The zero-order valence-corrected chi connectivity index (χ0v) is 35.1. The standard InChI is InChI=1S/C59H44N4/c1-37-20-22-41-34-53-51-36-43(57-47-19-11-9-13-40(47)29-31-61-57)24-27-55(51)63(45-16-6-3-7-17-45)59(53)48-25-21-38(32-49(41)48)33-52-50-35-42(56-46-18-10-8-12-39(46)28-30-60-56)23-26-54(50)62(58(37)52)44-14-4-2-5-15-44/h2-14,16-19,23-24,26-31,33-36,44H,1,15,20-22,25,32H2/b38-33-. The molecule has 1 unspecified atom stereocenters. The highest BCUT2D eigenvalue weighted by Gasteiger charge is 2.29. The molecule has 13 rings (SSSR count). The lowest BCUT2D eigenvalue weighted by molar-refractivity contribution is 0.621. The maximum atomic E-state index is 4.97. The van der Waals surface area contributed by atoms with Gasteiger partial charge in [-0.05, 0) is 126 Å². The maximum Gasteiger partial charge on any atom is 0.0780 e. The van der Waals surface area contributed by atoms with E-state index in [4.69, 9.17) is 16.5 Å². The van der Waals surface area contributed by atoms with Crippen molar-refractivity contribution in [3.8, 4) is 28.2 Å². The Balaban J connectivity index is 1.03. The highest BCUT2D eigenvalue weighted by atomic mass is 15.0. The van der Waals surface area contributed by atoms with Crippen molar-refractivity contribution in [2.75, 3.05) is 0 Å². The SMILES string of the molecule is C=C1CCc2cc3c4cc(-c5nccc6ccccc56)ccc4n(-c4ccccc4)c3c3c2C/C(=C\c2c1n(C1C=CC=CC1)c1ccc(-c4nccc5ccccc45)cc21)CC3. The van der Waals surface area contributed by atoms with Gasteiger partial charge in [-0.1, -0.05) is 121 Å². The van der Waals surface area contributed by atoms with Gasteiger partial charge in [0.2, 0.25) is 0 Å². The summed E-state index contributed by atoms with van der Waals surface area (Å²) in [6.07, 6.45) is 21.2. The second-order valence-electron chi connectivity index (χ2n) is 17.6. The predicted molar refractivity (Wildman–Crippen MR) is 263 cm³/mol. The quantitative estimate of drug-likeness (QED) is 0.178. The zero-order valence-electron chi connectivity index (χ0n) is 35.1. The van der Waals surface area contributed by atoms with Crippen LogP contribution in [-0.4, -0.2) is 19.1 Å². The molecule has 1 atom stereocenters. The van der Waals surface area contributed by atoms with Gasteiger partial charge in [0.1, 0.15) is 0 Å². The Labute approximate surface area is 366 Å². The first kappa shape index (κ1) is 36.1. The van der Waals surface area contributed by atoms with Crippen LogP contribution < -0.4 is 0 Å². The van der Waals surface area contributed by atoms with Gasteiger partial charge >= 0.3 is 0 Å².